The maximum atomic E-state index is 12.4. The molecule has 30 heavy (non-hydrogen) atoms. The molecule has 4 N–H and O–H groups in total. The molecule has 4 aromatic rings. The molecule has 8 heteroatoms. The van der Waals surface area contributed by atoms with Gasteiger partial charge in [-0.2, -0.15) is 0 Å². The van der Waals surface area contributed by atoms with Crippen LogP contribution < -0.4 is 10.6 Å². The Morgan fingerprint density at radius 2 is 2.07 bits per heavy atom. The van der Waals surface area contributed by atoms with Crippen molar-refractivity contribution in [2.45, 2.75) is 26.1 Å². The summed E-state index contributed by atoms with van der Waals surface area (Å²) in [5, 5.41) is 19.5. The van der Waals surface area contributed by atoms with Crippen LogP contribution in [0.5, 0.6) is 0 Å². The van der Waals surface area contributed by atoms with E-state index in [0.717, 1.165) is 35.7 Å². The van der Waals surface area contributed by atoms with E-state index in [-0.39, 0.29) is 19.1 Å². The highest BCUT2D eigenvalue weighted by Gasteiger charge is 2.12. The van der Waals surface area contributed by atoms with Crippen molar-refractivity contribution in [2.24, 2.45) is 0 Å². The lowest BCUT2D eigenvalue weighted by atomic mass is 10.2. The van der Waals surface area contributed by atoms with Crippen molar-refractivity contribution in [2.75, 3.05) is 6.54 Å². The molecule has 0 saturated heterocycles. The topological polar surface area (TPSA) is 103 Å². The first kappa shape index (κ1) is 20.2. The van der Waals surface area contributed by atoms with Gasteiger partial charge in [0.15, 0.2) is 0 Å². The third kappa shape index (κ3) is 4.91. The standard InChI is InChI=1S/C22H23N5O2S/c28-13-16-5-3-8-24-19(16)12-25-22(29)20-14-30-21(27-20)7-9-23-11-17-10-15-4-1-2-6-18(15)26-17/h1-6,8,10,14,23,26,28H,7,9,11-13H2,(H,25,29). The summed E-state index contributed by atoms with van der Waals surface area (Å²) in [7, 11) is 0. The van der Waals surface area contributed by atoms with E-state index < -0.39 is 0 Å². The lowest BCUT2D eigenvalue weighted by Gasteiger charge is -2.06. The quantitative estimate of drug-likeness (QED) is 0.311. The Morgan fingerprint density at radius 3 is 2.93 bits per heavy atom. The normalized spacial score (nSPS) is 11.1. The Morgan fingerprint density at radius 1 is 1.17 bits per heavy atom. The maximum absolute atomic E-state index is 12.4. The number of aliphatic hydroxyl groups excluding tert-OH is 1. The van der Waals surface area contributed by atoms with E-state index in [1.165, 1.54) is 16.7 Å². The van der Waals surface area contributed by atoms with E-state index in [2.05, 4.69) is 43.8 Å². The van der Waals surface area contributed by atoms with Crippen LogP contribution in [0.15, 0.2) is 54.0 Å². The number of benzene rings is 1. The lowest BCUT2D eigenvalue weighted by Crippen LogP contribution is -2.24. The Kier molecular flexibility index (Phi) is 6.48. The molecular formula is C22H23N5O2S. The van der Waals surface area contributed by atoms with Gasteiger partial charge in [0.25, 0.3) is 5.91 Å². The zero-order valence-corrected chi connectivity index (χ0v) is 17.2. The molecule has 3 aromatic heterocycles. The summed E-state index contributed by atoms with van der Waals surface area (Å²) in [5.41, 5.74) is 4.06. The third-order valence-corrected chi connectivity index (χ3v) is 5.68. The van der Waals surface area contributed by atoms with Crippen LogP contribution in [-0.2, 0) is 26.1 Å². The number of aromatic nitrogens is 3. The first-order chi connectivity index (χ1) is 14.7. The zero-order valence-electron chi connectivity index (χ0n) is 16.4. The van der Waals surface area contributed by atoms with Crippen LogP contribution in [0, 0.1) is 0 Å². The number of nitrogens with zero attached hydrogens (tertiary/aromatic N) is 2. The van der Waals surface area contributed by atoms with Crippen molar-refractivity contribution in [1.29, 1.82) is 0 Å². The highest BCUT2D eigenvalue weighted by Crippen LogP contribution is 2.15. The average molecular weight is 422 g/mol. The van der Waals surface area contributed by atoms with Crippen LogP contribution >= 0.6 is 11.3 Å². The van der Waals surface area contributed by atoms with Gasteiger partial charge in [0, 0.05) is 47.9 Å². The summed E-state index contributed by atoms with van der Waals surface area (Å²) in [6, 6.07) is 13.9. The number of aliphatic hydroxyl groups is 1. The summed E-state index contributed by atoms with van der Waals surface area (Å²) in [6.07, 6.45) is 2.40. The van der Waals surface area contributed by atoms with Crippen LogP contribution in [0.2, 0.25) is 0 Å². The fourth-order valence-electron chi connectivity index (χ4n) is 3.21. The molecule has 0 saturated carbocycles. The second kappa shape index (κ2) is 9.62. The second-order valence-electron chi connectivity index (χ2n) is 6.89. The molecule has 0 atom stereocenters. The van der Waals surface area contributed by atoms with Gasteiger partial charge in [0.2, 0.25) is 0 Å². The first-order valence-corrected chi connectivity index (χ1v) is 10.6. The van der Waals surface area contributed by atoms with E-state index in [1.54, 1.807) is 23.7 Å². The molecule has 0 fully saturated rings. The van der Waals surface area contributed by atoms with Crippen LogP contribution in [-0.4, -0.2) is 32.5 Å². The van der Waals surface area contributed by atoms with Gasteiger partial charge >= 0.3 is 0 Å². The smallest absolute Gasteiger partial charge is 0.271 e. The molecule has 1 aromatic carbocycles. The minimum atomic E-state index is -0.238. The van der Waals surface area contributed by atoms with E-state index in [0.29, 0.717) is 17.0 Å². The molecule has 3 heterocycles. The average Bonchev–Trinajstić information content (AvgIpc) is 3.42. The number of carbonyl (C=O) groups is 1. The number of hydrogen-bond acceptors (Lipinski definition) is 6. The first-order valence-electron chi connectivity index (χ1n) is 9.76. The third-order valence-electron chi connectivity index (χ3n) is 4.77. The van der Waals surface area contributed by atoms with Crippen molar-refractivity contribution >= 4 is 28.1 Å². The van der Waals surface area contributed by atoms with Crippen molar-refractivity contribution in [3.05, 3.63) is 81.7 Å². The number of thiazole rings is 1. The van der Waals surface area contributed by atoms with Crippen LogP contribution in [0.25, 0.3) is 10.9 Å². The van der Waals surface area contributed by atoms with Crippen molar-refractivity contribution < 1.29 is 9.90 Å². The summed E-state index contributed by atoms with van der Waals surface area (Å²) in [6.45, 7) is 1.68. The molecule has 0 aliphatic carbocycles. The van der Waals surface area contributed by atoms with E-state index in [9.17, 15) is 9.90 Å². The van der Waals surface area contributed by atoms with E-state index in [1.807, 2.05) is 12.1 Å². The predicted molar refractivity (Wildman–Crippen MR) is 117 cm³/mol. The molecule has 0 radical (unpaired) electrons. The number of pyridine rings is 1. The van der Waals surface area contributed by atoms with Crippen molar-refractivity contribution in [3.8, 4) is 0 Å². The number of H-pyrrole nitrogens is 1. The maximum Gasteiger partial charge on any atom is 0.271 e. The minimum Gasteiger partial charge on any atom is -0.392 e. The van der Waals surface area contributed by atoms with Gasteiger partial charge in [0.1, 0.15) is 5.69 Å². The molecule has 0 bridgehead atoms. The molecule has 4 rings (SSSR count). The number of rotatable bonds is 9. The molecule has 0 aliphatic rings. The molecule has 0 unspecified atom stereocenters. The number of amides is 1. The fourth-order valence-corrected chi connectivity index (χ4v) is 3.98. The molecule has 154 valence electrons. The summed E-state index contributed by atoms with van der Waals surface area (Å²) in [5.74, 6) is -0.238. The van der Waals surface area contributed by atoms with Crippen LogP contribution in [0.1, 0.15) is 32.4 Å². The number of para-hydroxylation sites is 1. The molecular weight excluding hydrogens is 398 g/mol. The second-order valence-corrected chi connectivity index (χ2v) is 7.83. The van der Waals surface area contributed by atoms with Gasteiger partial charge < -0.3 is 20.7 Å². The van der Waals surface area contributed by atoms with Gasteiger partial charge in [-0.25, -0.2) is 4.98 Å². The van der Waals surface area contributed by atoms with Crippen molar-refractivity contribution in [3.63, 3.8) is 0 Å². The molecule has 0 aliphatic heterocycles. The Balaban J connectivity index is 1.24. The fraction of sp³-hybridized carbons (Fsp3) is 0.227. The number of fused-ring (bicyclic) bond motifs is 1. The van der Waals surface area contributed by atoms with E-state index in [4.69, 9.17) is 0 Å². The Labute approximate surface area is 178 Å². The van der Waals surface area contributed by atoms with Gasteiger partial charge in [-0.3, -0.25) is 9.78 Å². The van der Waals surface area contributed by atoms with Crippen molar-refractivity contribution in [1.82, 2.24) is 25.6 Å². The predicted octanol–water partition coefficient (Wildman–Crippen LogP) is 2.77. The zero-order chi connectivity index (χ0) is 20.8. The summed E-state index contributed by atoms with van der Waals surface area (Å²) < 4.78 is 0. The highest BCUT2D eigenvalue weighted by molar-refractivity contribution is 7.09. The lowest BCUT2D eigenvalue weighted by molar-refractivity contribution is 0.0945. The monoisotopic (exact) mass is 421 g/mol. The van der Waals surface area contributed by atoms with Gasteiger partial charge in [0.05, 0.1) is 23.9 Å². The van der Waals surface area contributed by atoms with Gasteiger partial charge in [-0.05, 0) is 23.6 Å². The largest absolute Gasteiger partial charge is 0.392 e. The number of carbonyl (C=O) groups excluding carboxylic acids is 1. The Bertz CT molecular complexity index is 1100. The number of hydrogen-bond donors (Lipinski definition) is 4. The van der Waals surface area contributed by atoms with Gasteiger partial charge in [-0.1, -0.05) is 24.3 Å². The SMILES string of the molecule is O=C(NCc1ncccc1CO)c1csc(CCNCc2cc3ccccc3[nH]2)n1. The van der Waals surface area contributed by atoms with Crippen LogP contribution in [0.4, 0.5) is 0 Å². The molecule has 0 spiro atoms. The number of aromatic amines is 1. The molecule has 1 amide bonds. The minimum absolute atomic E-state index is 0.106. The Hall–Kier alpha value is -3.07. The highest BCUT2D eigenvalue weighted by atomic mass is 32.1. The van der Waals surface area contributed by atoms with E-state index >= 15 is 0 Å². The van der Waals surface area contributed by atoms with Crippen LogP contribution in [0.3, 0.4) is 0 Å². The molecule has 7 nitrogen and oxygen atoms in total. The summed E-state index contributed by atoms with van der Waals surface area (Å²) in [4.78, 5) is 24.4. The summed E-state index contributed by atoms with van der Waals surface area (Å²) >= 11 is 1.48. The number of nitrogens with one attached hydrogen (secondary N) is 3. The van der Waals surface area contributed by atoms with Gasteiger partial charge in [-0.15, -0.1) is 11.3 Å².